The van der Waals surface area contributed by atoms with Gasteiger partial charge in [-0.05, 0) is 49.6 Å². The van der Waals surface area contributed by atoms with Crippen molar-refractivity contribution in [2.75, 3.05) is 54.2 Å². The Morgan fingerprint density at radius 1 is 1.00 bits per heavy atom. The second-order valence-corrected chi connectivity index (χ2v) is 8.59. The number of carbonyl (C=O) groups excluding carboxylic acids is 2. The smallest absolute Gasteiger partial charge is 0.338 e. The van der Waals surface area contributed by atoms with Crippen molar-refractivity contribution in [3.8, 4) is 17.2 Å². The van der Waals surface area contributed by atoms with E-state index < -0.39 is 5.97 Å². The number of ether oxygens (including phenoxy) is 5. The van der Waals surface area contributed by atoms with Crippen LogP contribution in [0, 0.1) is 5.92 Å². The topological polar surface area (TPSA) is 83.5 Å². The molecule has 0 aliphatic carbocycles. The number of hydrogen-bond acceptors (Lipinski definition) is 8. The Labute approximate surface area is 212 Å². The van der Waals surface area contributed by atoms with E-state index in [0.29, 0.717) is 48.4 Å². The van der Waals surface area contributed by atoms with E-state index in [1.54, 1.807) is 18.2 Å². The molecule has 36 heavy (non-hydrogen) atoms. The first kappa shape index (κ1) is 27.1. The third-order valence-corrected chi connectivity index (χ3v) is 6.03. The normalized spacial score (nSPS) is 15.9. The van der Waals surface area contributed by atoms with E-state index in [1.807, 2.05) is 30.3 Å². The molecule has 0 saturated carbocycles. The molecule has 1 heterocycles. The monoisotopic (exact) mass is 497 g/mol. The minimum absolute atomic E-state index is 0.301. The molecule has 0 bridgehead atoms. The fourth-order valence-electron chi connectivity index (χ4n) is 4.20. The zero-order chi connectivity index (χ0) is 25.8. The highest BCUT2D eigenvalue weighted by molar-refractivity contribution is 5.91. The summed E-state index contributed by atoms with van der Waals surface area (Å²) in [4.78, 5) is 26.9. The lowest BCUT2D eigenvalue weighted by molar-refractivity contribution is -0.139. The van der Waals surface area contributed by atoms with E-state index in [9.17, 15) is 9.59 Å². The number of hydrogen-bond donors (Lipinski definition) is 0. The van der Waals surface area contributed by atoms with Crippen molar-refractivity contribution in [1.82, 2.24) is 4.90 Å². The van der Waals surface area contributed by atoms with Gasteiger partial charge in [0.2, 0.25) is 5.75 Å². The van der Waals surface area contributed by atoms with Crippen LogP contribution in [0.1, 0.15) is 35.2 Å². The Morgan fingerprint density at radius 2 is 1.72 bits per heavy atom. The fraction of sp³-hybridized carbons (Fsp3) is 0.429. The lowest BCUT2D eigenvalue weighted by atomic mass is 9.99. The van der Waals surface area contributed by atoms with Crippen molar-refractivity contribution in [1.29, 1.82) is 0 Å². The third kappa shape index (κ3) is 8.02. The van der Waals surface area contributed by atoms with Gasteiger partial charge in [-0.25, -0.2) is 9.59 Å². The molecule has 1 fully saturated rings. The summed E-state index contributed by atoms with van der Waals surface area (Å²) in [7, 11) is 4.51. The molecule has 194 valence electrons. The van der Waals surface area contributed by atoms with E-state index in [-0.39, 0.29) is 5.97 Å². The molecule has 1 atom stereocenters. The number of benzene rings is 2. The van der Waals surface area contributed by atoms with E-state index in [0.717, 1.165) is 38.0 Å². The lowest BCUT2D eigenvalue weighted by Gasteiger charge is -2.32. The van der Waals surface area contributed by atoms with E-state index in [1.165, 1.54) is 27.4 Å². The van der Waals surface area contributed by atoms with Crippen LogP contribution in [0.2, 0.25) is 0 Å². The molecule has 3 rings (SSSR count). The van der Waals surface area contributed by atoms with Gasteiger partial charge in [0, 0.05) is 25.1 Å². The van der Waals surface area contributed by atoms with Crippen LogP contribution in [0.15, 0.2) is 48.5 Å². The van der Waals surface area contributed by atoms with Crippen molar-refractivity contribution < 1.29 is 33.3 Å². The van der Waals surface area contributed by atoms with Crippen LogP contribution in [0.4, 0.5) is 0 Å². The van der Waals surface area contributed by atoms with Gasteiger partial charge in [0.05, 0.1) is 40.1 Å². The first-order chi connectivity index (χ1) is 17.5. The Bertz CT molecular complexity index is 997. The van der Waals surface area contributed by atoms with Gasteiger partial charge in [0.25, 0.3) is 0 Å². The number of methoxy groups -OCH3 is 3. The summed E-state index contributed by atoms with van der Waals surface area (Å²) in [6, 6.07) is 12.8. The predicted octanol–water partition coefficient (Wildman–Crippen LogP) is 4.23. The largest absolute Gasteiger partial charge is 0.493 e. The summed E-state index contributed by atoms with van der Waals surface area (Å²) >= 11 is 0. The van der Waals surface area contributed by atoms with Crippen LogP contribution in [-0.4, -0.2) is 71.0 Å². The van der Waals surface area contributed by atoms with Crippen LogP contribution >= 0.6 is 0 Å². The molecule has 2 aromatic rings. The zero-order valence-electron chi connectivity index (χ0n) is 21.2. The Morgan fingerprint density at radius 3 is 2.39 bits per heavy atom. The van der Waals surface area contributed by atoms with Crippen LogP contribution < -0.4 is 14.2 Å². The van der Waals surface area contributed by atoms with Crippen molar-refractivity contribution in [2.24, 2.45) is 5.92 Å². The van der Waals surface area contributed by atoms with E-state index in [4.69, 9.17) is 23.7 Å². The minimum atomic E-state index is -0.443. The molecule has 0 amide bonds. The molecule has 0 spiro atoms. The molecule has 2 aromatic carbocycles. The molecule has 0 aromatic heterocycles. The predicted molar refractivity (Wildman–Crippen MR) is 137 cm³/mol. The van der Waals surface area contributed by atoms with Gasteiger partial charge in [-0.1, -0.05) is 30.3 Å². The summed E-state index contributed by atoms with van der Waals surface area (Å²) in [6.07, 6.45) is 6.02. The number of carbonyl (C=O) groups is 2. The highest BCUT2D eigenvalue weighted by atomic mass is 16.5. The van der Waals surface area contributed by atoms with Gasteiger partial charge >= 0.3 is 11.9 Å². The quantitative estimate of drug-likeness (QED) is 0.245. The Balaban J connectivity index is 1.38. The second kappa shape index (κ2) is 14.1. The van der Waals surface area contributed by atoms with Gasteiger partial charge in [-0.2, -0.15) is 0 Å². The number of esters is 2. The molecule has 1 aliphatic rings. The number of rotatable bonds is 12. The fourth-order valence-corrected chi connectivity index (χ4v) is 4.20. The van der Waals surface area contributed by atoms with Crippen molar-refractivity contribution >= 4 is 18.0 Å². The van der Waals surface area contributed by atoms with Crippen molar-refractivity contribution in [3.63, 3.8) is 0 Å². The third-order valence-electron chi connectivity index (χ3n) is 6.03. The minimum Gasteiger partial charge on any atom is -0.493 e. The molecule has 1 saturated heterocycles. The maximum atomic E-state index is 12.5. The van der Waals surface area contributed by atoms with Crippen LogP contribution in [0.5, 0.6) is 17.2 Å². The highest BCUT2D eigenvalue weighted by Gasteiger charge is 2.21. The molecular weight excluding hydrogens is 462 g/mol. The summed E-state index contributed by atoms with van der Waals surface area (Å²) in [6.45, 7) is 3.36. The van der Waals surface area contributed by atoms with Gasteiger partial charge < -0.3 is 28.6 Å². The van der Waals surface area contributed by atoms with Crippen LogP contribution in [0.3, 0.4) is 0 Å². The SMILES string of the molecule is COc1cc(C(=O)OCCCN2CCCC(COC(=O)/C=C/c3ccccc3)C2)cc(OC)c1OC. The maximum absolute atomic E-state index is 12.5. The lowest BCUT2D eigenvalue weighted by Crippen LogP contribution is -2.38. The molecule has 8 nitrogen and oxygen atoms in total. The second-order valence-electron chi connectivity index (χ2n) is 8.59. The highest BCUT2D eigenvalue weighted by Crippen LogP contribution is 2.38. The Hall–Kier alpha value is -3.52. The summed E-state index contributed by atoms with van der Waals surface area (Å²) in [5.74, 6) is 0.762. The van der Waals surface area contributed by atoms with E-state index >= 15 is 0 Å². The Kier molecular flexibility index (Phi) is 10.6. The van der Waals surface area contributed by atoms with Gasteiger partial charge in [0.15, 0.2) is 11.5 Å². The molecule has 0 radical (unpaired) electrons. The first-order valence-electron chi connectivity index (χ1n) is 12.1. The standard InChI is InChI=1S/C28H35NO7/c1-32-24-17-23(18-25(33-2)27(24)34-3)28(31)35-16-8-15-29-14-7-11-22(19-29)20-36-26(30)13-12-21-9-5-4-6-10-21/h4-6,9-10,12-13,17-18,22H,7-8,11,14-16,19-20H2,1-3H3/b13-12+. The number of likely N-dealkylation sites (tertiary alicyclic amines) is 1. The molecular formula is C28H35NO7. The number of piperidine rings is 1. The molecule has 1 aliphatic heterocycles. The summed E-state index contributed by atoms with van der Waals surface area (Å²) in [5, 5.41) is 0. The molecule has 8 heteroatoms. The average molecular weight is 498 g/mol. The van der Waals surface area contributed by atoms with Crippen molar-refractivity contribution in [3.05, 3.63) is 59.7 Å². The van der Waals surface area contributed by atoms with Gasteiger partial charge in [-0.3, -0.25) is 0 Å². The maximum Gasteiger partial charge on any atom is 0.338 e. The summed E-state index contributed by atoms with van der Waals surface area (Å²) in [5.41, 5.74) is 1.30. The molecule has 1 unspecified atom stereocenters. The van der Waals surface area contributed by atoms with Crippen molar-refractivity contribution in [2.45, 2.75) is 19.3 Å². The van der Waals surface area contributed by atoms with Crippen LogP contribution in [0.25, 0.3) is 6.08 Å². The summed E-state index contributed by atoms with van der Waals surface area (Å²) < 4.78 is 26.8. The molecule has 0 N–H and O–H groups in total. The zero-order valence-corrected chi connectivity index (χ0v) is 21.2. The van der Waals surface area contributed by atoms with E-state index in [2.05, 4.69) is 4.90 Å². The van der Waals surface area contributed by atoms with Gasteiger partial charge in [-0.15, -0.1) is 0 Å². The average Bonchev–Trinajstić information content (AvgIpc) is 2.92. The van der Waals surface area contributed by atoms with Gasteiger partial charge in [0.1, 0.15) is 0 Å². The first-order valence-corrected chi connectivity index (χ1v) is 12.1. The van der Waals surface area contributed by atoms with Crippen LogP contribution in [-0.2, 0) is 14.3 Å². The number of nitrogens with zero attached hydrogens (tertiary/aromatic N) is 1.